The van der Waals surface area contributed by atoms with Crippen molar-refractivity contribution >= 4 is 45.9 Å². The van der Waals surface area contributed by atoms with E-state index in [4.69, 9.17) is 10.5 Å². The van der Waals surface area contributed by atoms with E-state index < -0.39 is 42.4 Å². The first-order valence-electron chi connectivity index (χ1n) is 11.6. The number of esters is 1. The Morgan fingerprint density at radius 3 is 2.62 bits per heavy atom. The maximum absolute atomic E-state index is 13.6. The van der Waals surface area contributed by atoms with Crippen LogP contribution in [-0.2, 0) is 21.5 Å². The Kier molecular flexibility index (Phi) is 6.24. The smallest absolute Gasteiger partial charge is 0.414 e. The summed E-state index contributed by atoms with van der Waals surface area (Å²) in [6.07, 6.45) is -5.95. The van der Waals surface area contributed by atoms with Gasteiger partial charge in [0.2, 0.25) is 11.0 Å². The van der Waals surface area contributed by atoms with Gasteiger partial charge < -0.3 is 15.8 Å². The summed E-state index contributed by atoms with van der Waals surface area (Å²) in [4.78, 5) is 41.8. The van der Waals surface area contributed by atoms with Crippen molar-refractivity contribution in [3.05, 3.63) is 34.6 Å². The fourth-order valence-corrected chi connectivity index (χ4v) is 5.37. The highest BCUT2D eigenvalue weighted by Gasteiger charge is 2.57. The van der Waals surface area contributed by atoms with Crippen LogP contribution in [0.25, 0.3) is 22.6 Å². The maximum atomic E-state index is 13.6. The minimum Gasteiger partial charge on any atom is -0.414 e. The lowest BCUT2D eigenvalue weighted by atomic mass is 9.85. The zero-order valence-electron chi connectivity index (χ0n) is 20.9. The summed E-state index contributed by atoms with van der Waals surface area (Å²) >= 11 is 0.983. The third-order valence-corrected chi connectivity index (χ3v) is 7.57. The van der Waals surface area contributed by atoms with E-state index in [9.17, 15) is 31.5 Å². The van der Waals surface area contributed by atoms with Gasteiger partial charge in [-0.2, -0.15) is 27.1 Å². The van der Waals surface area contributed by atoms with E-state index in [0.29, 0.717) is 5.69 Å². The summed E-state index contributed by atoms with van der Waals surface area (Å²) < 4.78 is 71.3. The molecule has 4 aromatic heterocycles. The second kappa shape index (κ2) is 9.14. The van der Waals surface area contributed by atoms with Crippen molar-refractivity contribution < 1.29 is 36.3 Å². The number of hydrogen-bond donors (Lipinski definition) is 2. The monoisotopic (exact) mass is 582 g/mol. The predicted octanol–water partition coefficient (Wildman–Crippen LogP) is 4.01. The second-order valence-electron chi connectivity index (χ2n) is 9.12. The van der Waals surface area contributed by atoms with E-state index in [1.165, 1.54) is 25.3 Å². The average molecular weight is 583 g/mol. The minimum atomic E-state index is -5.72. The van der Waals surface area contributed by atoms with Crippen molar-refractivity contribution in [2.24, 2.45) is 0 Å². The molecule has 5 heterocycles. The molecule has 0 fully saturated rings. The fourth-order valence-electron chi connectivity index (χ4n) is 4.26. The van der Waals surface area contributed by atoms with Gasteiger partial charge in [-0.1, -0.05) is 11.3 Å². The third kappa shape index (κ3) is 4.29. The summed E-state index contributed by atoms with van der Waals surface area (Å²) in [5.41, 5.74) is 5.48. The number of nitrogens with one attached hydrogen (secondary N) is 1. The van der Waals surface area contributed by atoms with E-state index in [2.05, 4.69) is 30.4 Å². The Morgan fingerprint density at radius 1 is 1.23 bits per heavy atom. The van der Waals surface area contributed by atoms with Crippen LogP contribution in [-0.4, -0.2) is 53.7 Å². The average Bonchev–Trinajstić information content (AvgIpc) is 3.49. The number of rotatable bonds is 6. The Labute approximate surface area is 225 Å². The number of nitrogens with zero attached hydrogens (tertiary/aromatic N) is 6. The number of alkyl halides is 5. The number of amides is 1. The van der Waals surface area contributed by atoms with Crippen molar-refractivity contribution in [1.29, 1.82) is 0 Å². The summed E-state index contributed by atoms with van der Waals surface area (Å²) in [7, 11) is 0. The molecule has 0 aromatic carbocycles. The zero-order chi connectivity index (χ0) is 29.2. The molecular weight excluding hydrogens is 563 g/mol. The molecule has 17 heteroatoms. The first-order valence-corrected chi connectivity index (χ1v) is 12.4. The number of carbonyl (C=O) groups excluding carboxylic acids is 2. The van der Waals surface area contributed by atoms with E-state index in [-0.39, 0.29) is 49.8 Å². The number of anilines is 2. The predicted molar refractivity (Wildman–Crippen MR) is 132 cm³/mol. The van der Waals surface area contributed by atoms with Crippen LogP contribution in [0, 0.1) is 6.92 Å². The zero-order valence-corrected chi connectivity index (χ0v) is 21.7. The Hall–Kier alpha value is -4.28. The molecular formula is C23H19F5N8O3S. The number of thiazole rings is 1. The molecule has 0 saturated carbocycles. The Morgan fingerprint density at radius 2 is 1.95 bits per heavy atom. The van der Waals surface area contributed by atoms with Crippen LogP contribution in [0.4, 0.5) is 33.6 Å². The lowest BCUT2D eigenvalue weighted by Gasteiger charge is -2.19. The molecule has 1 amide bonds. The number of pyridine rings is 1. The van der Waals surface area contributed by atoms with Gasteiger partial charge in [-0.15, -0.1) is 0 Å². The molecule has 5 rings (SSSR count). The minimum absolute atomic E-state index is 0.0121. The first kappa shape index (κ1) is 27.3. The van der Waals surface area contributed by atoms with E-state index in [1.54, 1.807) is 13.8 Å². The molecule has 0 radical (unpaired) electrons. The van der Waals surface area contributed by atoms with Crippen molar-refractivity contribution in [2.45, 2.75) is 51.3 Å². The van der Waals surface area contributed by atoms with Crippen molar-refractivity contribution in [2.75, 3.05) is 11.1 Å². The van der Waals surface area contributed by atoms with Gasteiger partial charge in [-0.25, -0.2) is 24.6 Å². The second-order valence-corrected chi connectivity index (χ2v) is 10.1. The standard InChI is InChI=1S/C23H19F5N8O3S/c1-9-18(39-10(2)37)40-20(31-9)21(3)12-14(29)32-16(33-15(12)34-19(21)38)13-11-5-4-7-30-17(11)36(35-13)8-6-22(24,25)23(26,27)28/h4-5,7H,6,8H2,1-3H3,(H3,29,32,33,34,38)/t21-/m1/s1. The summed E-state index contributed by atoms with van der Waals surface area (Å²) in [6, 6.07) is 3.04. The summed E-state index contributed by atoms with van der Waals surface area (Å²) in [5, 5.41) is 7.55. The van der Waals surface area contributed by atoms with Crippen LogP contribution in [0.1, 0.15) is 36.5 Å². The molecule has 11 nitrogen and oxygen atoms in total. The van der Waals surface area contributed by atoms with Crippen LogP contribution < -0.4 is 15.8 Å². The molecule has 1 aliphatic heterocycles. The number of nitrogen functional groups attached to an aromatic ring is 1. The summed E-state index contributed by atoms with van der Waals surface area (Å²) in [5.74, 6) is -6.24. The van der Waals surface area contributed by atoms with Crippen LogP contribution in [0.15, 0.2) is 18.3 Å². The molecule has 3 N–H and O–H groups in total. The Balaban J connectivity index is 1.57. The van der Waals surface area contributed by atoms with E-state index >= 15 is 0 Å². The molecule has 0 saturated heterocycles. The molecule has 1 aliphatic rings. The SMILES string of the molecule is CC(=O)Oc1sc([C@@]2(C)C(=O)Nc3nc(-c4nn(CCC(F)(F)C(F)(F)F)c5ncccc45)nc(N)c32)nc1C. The summed E-state index contributed by atoms with van der Waals surface area (Å²) in [6.45, 7) is 3.59. The highest BCUT2D eigenvalue weighted by molar-refractivity contribution is 7.14. The van der Waals surface area contributed by atoms with Gasteiger partial charge in [0.25, 0.3) is 0 Å². The molecule has 1 atom stereocenters. The molecule has 4 aromatic rings. The lowest BCUT2D eigenvalue weighted by Crippen LogP contribution is -2.37. The largest absolute Gasteiger partial charge is 0.453 e. The highest BCUT2D eigenvalue weighted by atomic mass is 32.1. The number of ether oxygens (including phenoxy) is 1. The number of aromatic nitrogens is 6. The van der Waals surface area contributed by atoms with Gasteiger partial charge in [0.1, 0.15) is 27.8 Å². The van der Waals surface area contributed by atoms with Gasteiger partial charge in [-0.3, -0.25) is 9.59 Å². The number of hydrogen-bond acceptors (Lipinski definition) is 10. The topological polar surface area (TPSA) is 151 Å². The van der Waals surface area contributed by atoms with Crippen LogP contribution in [0.3, 0.4) is 0 Å². The quantitative estimate of drug-likeness (QED) is 0.254. The number of nitrogens with two attached hydrogens (primary N) is 1. The fraction of sp³-hybridized carbons (Fsp3) is 0.348. The number of fused-ring (bicyclic) bond motifs is 2. The normalized spacial score (nSPS) is 17.2. The maximum Gasteiger partial charge on any atom is 0.453 e. The van der Waals surface area contributed by atoms with Crippen LogP contribution >= 0.6 is 11.3 Å². The van der Waals surface area contributed by atoms with Crippen molar-refractivity contribution in [1.82, 2.24) is 29.7 Å². The number of aryl methyl sites for hydroxylation is 2. The van der Waals surface area contributed by atoms with Crippen LogP contribution in [0.5, 0.6) is 5.06 Å². The molecule has 0 unspecified atom stereocenters. The Bertz CT molecular complexity index is 1680. The van der Waals surface area contributed by atoms with Gasteiger partial charge in [0.05, 0.1) is 16.6 Å². The van der Waals surface area contributed by atoms with E-state index in [0.717, 1.165) is 16.0 Å². The van der Waals surface area contributed by atoms with E-state index in [1.807, 2.05) is 0 Å². The molecule has 40 heavy (non-hydrogen) atoms. The highest BCUT2D eigenvalue weighted by Crippen LogP contribution is 2.48. The molecule has 210 valence electrons. The first-order chi connectivity index (χ1) is 18.6. The third-order valence-electron chi connectivity index (χ3n) is 6.31. The van der Waals surface area contributed by atoms with Crippen molar-refractivity contribution in [3.8, 4) is 16.6 Å². The lowest BCUT2D eigenvalue weighted by molar-refractivity contribution is -0.285. The molecule has 0 aliphatic carbocycles. The molecule has 0 bridgehead atoms. The molecule has 0 spiro atoms. The van der Waals surface area contributed by atoms with Gasteiger partial charge in [-0.05, 0) is 26.0 Å². The number of halogens is 5. The van der Waals surface area contributed by atoms with Gasteiger partial charge in [0, 0.05) is 26.1 Å². The van der Waals surface area contributed by atoms with Gasteiger partial charge >= 0.3 is 18.1 Å². The number of carbonyl (C=O) groups is 2. The van der Waals surface area contributed by atoms with Crippen LogP contribution in [0.2, 0.25) is 0 Å². The van der Waals surface area contributed by atoms with Crippen molar-refractivity contribution in [3.63, 3.8) is 0 Å². The van der Waals surface area contributed by atoms with Gasteiger partial charge in [0.15, 0.2) is 11.5 Å².